The number of hydrogen-bond acceptors (Lipinski definition) is 5. The minimum absolute atomic E-state index is 0.345. The molecule has 1 aromatic carbocycles. The fraction of sp³-hybridized carbons (Fsp3) is 0.455. The third kappa shape index (κ3) is 5.66. The first-order valence-electron chi connectivity index (χ1n) is 10.8. The molecule has 12 heteroatoms. The molecule has 0 atom stereocenters. The van der Waals surface area contributed by atoms with Crippen molar-refractivity contribution in [3.8, 4) is 0 Å². The Morgan fingerprint density at radius 1 is 1.03 bits per heavy atom. The molecule has 0 amide bonds. The molecule has 2 aliphatic rings. The van der Waals surface area contributed by atoms with Crippen LogP contribution in [0.3, 0.4) is 0 Å². The van der Waals surface area contributed by atoms with Crippen molar-refractivity contribution < 1.29 is 31.9 Å². The molecule has 3 heterocycles. The van der Waals surface area contributed by atoms with Crippen molar-refractivity contribution in [2.45, 2.75) is 50.2 Å². The highest BCUT2D eigenvalue weighted by Gasteiger charge is 2.38. The van der Waals surface area contributed by atoms with Gasteiger partial charge in [-0.3, -0.25) is 9.30 Å². The standard InChI is InChI=1S/C20H21F2N5.C2HF3O2/c21-17-4-1-13(9-18(17)22)11-26-7-5-15(6-8-26)19-24-25-20-23-10-16(12-27(19)20)14-2-3-14;3-2(4,5)1(6)7/h1,4,9-10,12,14-15H,2-3,5-8,11H2;(H,6,7). The van der Waals surface area contributed by atoms with E-state index < -0.39 is 23.8 Å². The number of hydrogen-bond donors (Lipinski definition) is 1. The lowest BCUT2D eigenvalue weighted by molar-refractivity contribution is -0.192. The Kier molecular flexibility index (Phi) is 6.78. The minimum Gasteiger partial charge on any atom is -0.475 e. The number of likely N-dealkylation sites (tertiary alicyclic amines) is 1. The number of carboxylic acids is 1. The summed E-state index contributed by atoms with van der Waals surface area (Å²) >= 11 is 0. The van der Waals surface area contributed by atoms with Crippen LogP contribution in [-0.4, -0.2) is 54.8 Å². The highest BCUT2D eigenvalue weighted by atomic mass is 19.4. The number of nitrogens with zero attached hydrogens (tertiary/aromatic N) is 5. The number of rotatable bonds is 4. The topological polar surface area (TPSA) is 83.6 Å². The summed E-state index contributed by atoms with van der Waals surface area (Å²) in [5, 5.41) is 15.8. The molecule has 1 saturated carbocycles. The second kappa shape index (κ2) is 9.61. The number of alkyl halides is 3. The molecule has 3 aromatic rings. The Balaban J connectivity index is 0.000000344. The minimum atomic E-state index is -5.08. The van der Waals surface area contributed by atoms with E-state index in [9.17, 15) is 22.0 Å². The van der Waals surface area contributed by atoms with Gasteiger partial charge in [-0.25, -0.2) is 18.6 Å². The zero-order valence-corrected chi connectivity index (χ0v) is 18.0. The molecule has 2 fully saturated rings. The smallest absolute Gasteiger partial charge is 0.475 e. The number of aliphatic carboxylic acids is 1. The molecule has 2 aromatic heterocycles. The van der Waals surface area contributed by atoms with Crippen LogP contribution < -0.4 is 0 Å². The SMILES string of the molecule is Fc1ccc(CN2CCC(c3nnc4ncc(C5CC5)cn34)CC2)cc1F.O=C(O)C(F)(F)F. The number of carboxylic acid groups (broad SMARTS) is 1. The Labute approximate surface area is 191 Å². The van der Waals surface area contributed by atoms with Gasteiger partial charge in [-0.15, -0.1) is 10.2 Å². The lowest BCUT2D eigenvalue weighted by Gasteiger charge is -2.31. The summed E-state index contributed by atoms with van der Waals surface area (Å²) in [6.07, 6.45) is 3.43. The van der Waals surface area contributed by atoms with E-state index in [1.165, 1.54) is 30.5 Å². The van der Waals surface area contributed by atoms with E-state index in [4.69, 9.17) is 9.90 Å². The van der Waals surface area contributed by atoms with Gasteiger partial charge in [0.25, 0.3) is 5.78 Å². The zero-order valence-electron chi connectivity index (χ0n) is 18.0. The fourth-order valence-electron chi connectivity index (χ4n) is 3.97. The van der Waals surface area contributed by atoms with Crippen molar-refractivity contribution in [1.82, 2.24) is 24.5 Å². The maximum atomic E-state index is 13.4. The van der Waals surface area contributed by atoms with Crippen molar-refractivity contribution in [3.63, 3.8) is 0 Å². The number of benzene rings is 1. The van der Waals surface area contributed by atoms with Gasteiger partial charge in [0.2, 0.25) is 0 Å². The van der Waals surface area contributed by atoms with Crippen LogP contribution in [0.1, 0.15) is 54.5 Å². The molecular weight excluding hydrogens is 461 g/mol. The van der Waals surface area contributed by atoms with Gasteiger partial charge in [-0.1, -0.05) is 6.07 Å². The van der Waals surface area contributed by atoms with E-state index in [1.807, 2.05) is 6.20 Å². The normalized spacial score (nSPS) is 17.4. The average molecular weight is 483 g/mol. The van der Waals surface area contributed by atoms with Crippen molar-refractivity contribution in [2.24, 2.45) is 0 Å². The molecule has 0 bridgehead atoms. The highest BCUT2D eigenvalue weighted by Crippen LogP contribution is 2.40. The number of halogens is 5. The maximum absolute atomic E-state index is 13.4. The molecule has 0 spiro atoms. The molecule has 1 N–H and O–H groups in total. The summed E-state index contributed by atoms with van der Waals surface area (Å²) in [6, 6.07) is 4.14. The van der Waals surface area contributed by atoms with Gasteiger partial charge in [0.05, 0.1) is 0 Å². The molecule has 182 valence electrons. The van der Waals surface area contributed by atoms with E-state index in [2.05, 4.69) is 30.7 Å². The van der Waals surface area contributed by atoms with Gasteiger partial charge in [0.1, 0.15) is 5.82 Å². The predicted molar refractivity (Wildman–Crippen MR) is 110 cm³/mol. The summed E-state index contributed by atoms with van der Waals surface area (Å²) in [6.45, 7) is 2.43. The summed E-state index contributed by atoms with van der Waals surface area (Å²) in [7, 11) is 0. The van der Waals surface area contributed by atoms with E-state index >= 15 is 0 Å². The van der Waals surface area contributed by atoms with Crippen LogP contribution in [0.5, 0.6) is 0 Å². The van der Waals surface area contributed by atoms with Crippen molar-refractivity contribution in [3.05, 3.63) is 59.2 Å². The van der Waals surface area contributed by atoms with Crippen LogP contribution in [0.15, 0.2) is 30.6 Å². The Morgan fingerprint density at radius 3 is 2.29 bits per heavy atom. The quantitative estimate of drug-likeness (QED) is 0.558. The molecule has 0 radical (unpaired) electrons. The molecule has 7 nitrogen and oxygen atoms in total. The summed E-state index contributed by atoms with van der Waals surface area (Å²) < 4.78 is 60.3. The molecule has 5 rings (SSSR count). The van der Waals surface area contributed by atoms with Crippen molar-refractivity contribution in [2.75, 3.05) is 13.1 Å². The Bertz CT molecular complexity index is 1170. The molecule has 34 heavy (non-hydrogen) atoms. The monoisotopic (exact) mass is 483 g/mol. The van der Waals surface area contributed by atoms with Gasteiger partial charge in [0.15, 0.2) is 11.6 Å². The van der Waals surface area contributed by atoms with Gasteiger partial charge < -0.3 is 5.11 Å². The van der Waals surface area contributed by atoms with E-state index in [0.29, 0.717) is 24.2 Å². The van der Waals surface area contributed by atoms with Crippen LogP contribution >= 0.6 is 0 Å². The van der Waals surface area contributed by atoms with Crippen molar-refractivity contribution in [1.29, 1.82) is 0 Å². The Morgan fingerprint density at radius 2 is 1.71 bits per heavy atom. The van der Waals surface area contributed by atoms with Crippen LogP contribution in [-0.2, 0) is 11.3 Å². The summed E-state index contributed by atoms with van der Waals surface area (Å²) in [4.78, 5) is 15.6. The second-order valence-electron chi connectivity index (χ2n) is 8.49. The first kappa shape index (κ1) is 24.0. The fourth-order valence-corrected chi connectivity index (χ4v) is 3.97. The largest absolute Gasteiger partial charge is 0.490 e. The van der Waals surface area contributed by atoms with E-state index in [1.54, 1.807) is 6.07 Å². The first-order valence-corrected chi connectivity index (χ1v) is 10.8. The van der Waals surface area contributed by atoms with E-state index in [0.717, 1.165) is 37.3 Å². The van der Waals surface area contributed by atoms with Gasteiger partial charge in [0, 0.05) is 24.9 Å². The van der Waals surface area contributed by atoms with Crippen molar-refractivity contribution >= 4 is 11.7 Å². The van der Waals surface area contributed by atoms with Crippen LogP contribution in [0, 0.1) is 11.6 Å². The molecule has 1 saturated heterocycles. The predicted octanol–water partition coefficient (Wildman–Crippen LogP) is 4.29. The summed E-state index contributed by atoms with van der Waals surface area (Å²) in [5.74, 6) is -1.68. The third-order valence-electron chi connectivity index (χ3n) is 5.95. The lowest BCUT2D eigenvalue weighted by atomic mass is 9.95. The van der Waals surface area contributed by atoms with Gasteiger partial charge >= 0.3 is 12.1 Å². The Hall–Kier alpha value is -3.15. The number of fused-ring (bicyclic) bond motifs is 1. The zero-order chi connectivity index (χ0) is 24.5. The number of carbonyl (C=O) groups is 1. The van der Waals surface area contributed by atoms with Crippen LogP contribution in [0.25, 0.3) is 5.78 Å². The second-order valence-corrected chi connectivity index (χ2v) is 8.49. The lowest BCUT2D eigenvalue weighted by Crippen LogP contribution is -2.33. The van der Waals surface area contributed by atoms with E-state index in [-0.39, 0.29) is 0 Å². The number of piperidine rings is 1. The first-order chi connectivity index (χ1) is 16.1. The summed E-state index contributed by atoms with van der Waals surface area (Å²) in [5.41, 5.74) is 2.08. The van der Waals surface area contributed by atoms with Crippen LogP contribution in [0.2, 0.25) is 0 Å². The average Bonchev–Trinajstić information content (AvgIpc) is 3.56. The molecule has 1 aliphatic heterocycles. The molecule has 1 aliphatic carbocycles. The maximum Gasteiger partial charge on any atom is 0.490 e. The van der Waals surface area contributed by atoms with Gasteiger partial charge in [-0.2, -0.15) is 13.2 Å². The molecule has 0 unspecified atom stereocenters. The van der Waals surface area contributed by atoms with Gasteiger partial charge in [-0.05, 0) is 68.0 Å². The highest BCUT2D eigenvalue weighted by molar-refractivity contribution is 5.73. The third-order valence-corrected chi connectivity index (χ3v) is 5.95. The van der Waals surface area contributed by atoms with Crippen LogP contribution in [0.4, 0.5) is 22.0 Å². The molecular formula is C22H22F5N5O2. The number of aromatic nitrogens is 4.